The van der Waals surface area contributed by atoms with Crippen LogP contribution in [0.2, 0.25) is 0 Å². The zero-order valence-corrected chi connectivity index (χ0v) is 7.36. The molecule has 13 heavy (non-hydrogen) atoms. The fourth-order valence-corrected chi connectivity index (χ4v) is 1.54. The monoisotopic (exact) mass is 173 g/mol. The minimum atomic E-state index is -0.249. The molecule has 2 rings (SSSR count). The number of nitrogens with zero attached hydrogens (tertiary/aromatic N) is 1. The Hall–Kier alpha value is -1.33. The van der Waals surface area contributed by atoms with E-state index >= 15 is 0 Å². The molecule has 1 aliphatic heterocycles. The lowest BCUT2D eigenvalue weighted by Gasteiger charge is -2.35. The maximum Gasteiger partial charge on any atom is 0.108 e. The molecule has 0 unspecified atom stereocenters. The van der Waals surface area contributed by atoms with Crippen LogP contribution in [0, 0.1) is 16.7 Å². The summed E-state index contributed by atoms with van der Waals surface area (Å²) >= 11 is 0. The average molecular weight is 173 g/mol. The van der Waals surface area contributed by atoms with Gasteiger partial charge < -0.3 is 4.74 Å². The van der Waals surface area contributed by atoms with Crippen LogP contribution in [0.5, 0.6) is 0 Å². The second kappa shape index (κ2) is 3.20. The molecule has 1 saturated heterocycles. The van der Waals surface area contributed by atoms with Gasteiger partial charge in [-0.2, -0.15) is 5.26 Å². The first-order valence-corrected chi connectivity index (χ1v) is 4.38. The van der Waals surface area contributed by atoms with Gasteiger partial charge in [0.2, 0.25) is 0 Å². The fourth-order valence-electron chi connectivity index (χ4n) is 1.54. The molecule has 0 aromatic heterocycles. The summed E-state index contributed by atoms with van der Waals surface area (Å²) in [7, 11) is 0. The first kappa shape index (κ1) is 8.28. The molecule has 0 atom stereocenters. The number of nitriles is 1. The highest BCUT2D eigenvalue weighted by Gasteiger charge is 2.38. The van der Waals surface area contributed by atoms with Crippen molar-refractivity contribution < 1.29 is 4.74 Å². The molecule has 0 N–H and O–H groups in total. The summed E-state index contributed by atoms with van der Waals surface area (Å²) in [6, 6.07) is 12.4. The Morgan fingerprint density at radius 1 is 1.31 bits per heavy atom. The minimum Gasteiger partial charge on any atom is -0.378 e. The van der Waals surface area contributed by atoms with Crippen molar-refractivity contribution >= 4 is 0 Å². The van der Waals surface area contributed by atoms with Crippen LogP contribution < -0.4 is 0 Å². The van der Waals surface area contributed by atoms with E-state index in [4.69, 9.17) is 10.00 Å². The van der Waals surface area contributed by atoms with Gasteiger partial charge in [-0.1, -0.05) is 30.3 Å². The SMILES string of the molecule is N#CC1(Cc2ccccc2)COC1. The third-order valence-corrected chi connectivity index (χ3v) is 2.38. The van der Waals surface area contributed by atoms with Gasteiger partial charge in [0, 0.05) is 0 Å². The second-order valence-corrected chi connectivity index (χ2v) is 3.55. The molecule has 0 aliphatic carbocycles. The van der Waals surface area contributed by atoms with E-state index < -0.39 is 0 Å². The van der Waals surface area contributed by atoms with Crippen molar-refractivity contribution in [2.24, 2.45) is 5.41 Å². The molecule has 66 valence electrons. The van der Waals surface area contributed by atoms with E-state index in [-0.39, 0.29) is 5.41 Å². The van der Waals surface area contributed by atoms with E-state index in [1.165, 1.54) is 5.56 Å². The van der Waals surface area contributed by atoms with Gasteiger partial charge in [-0.05, 0) is 12.0 Å². The Morgan fingerprint density at radius 2 is 2.00 bits per heavy atom. The normalized spacial score (nSPS) is 18.7. The maximum absolute atomic E-state index is 8.97. The quantitative estimate of drug-likeness (QED) is 0.682. The molecule has 2 heteroatoms. The molecule has 1 aliphatic rings. The smallest absolute Gasteiger partial charge is 0.108 e. The maximum atomic E-state index is 8.97. The van der Waals surface area contributed by atoms with Crippen molar-refractivity contribution in [3.05, 3.63) is 35.9 Å². The summed E-state index contributed by atoms with van der Waals surface area (Å²) in [6.07, 6.45) is 0.810. The molecule has 1 aromatic carbocycles. The lowest BCUT2D eigenvalue weighted by molar-refractivity contribution is -0.0765. The van der Waals surface area contributed by atoms with Gasteiger partial charge in [-0.15, -0.1) is 0 Å². The van der Waals surface area contributed by atoms with Gasteiger partial charge in [-0.25, -0.2) is 0 Å². The van der Waals surface area contributed by atoms with Crippen LogP contribution in [-0.2, 0) is 11.2 Å². The first-order valence-electron chi connectivity index (χ1n) is 4.38. The van der Waals surface area contributed by atoms with Crippen molar-refractivity contribution in [1.29, 1.82) is 5.26 Å². The van der Waals surface area contributed by atoms with Crippen LogP contribution in [0.25, 0.3) is 0 Å². The molecular formula is C11H11NO. The number of rotatable bonds is 2. The Labute approximate surface area is 77.8 Å². The fraction of sp³-hybridized carbons (Fsp3) is 0.364. The molecule has 0 amide bonds. The van der Waals surface area contributed by atoms with Gasteiger partial charge in [0.1, 0.15) is 5.41 Å². The standard InChI is InChI=1S/C11H11NO/c12-7-11(8-13-9-11)6-10-4-2-1-3-5-10/h1-5H,6,8-9H2. The second-order valence-electron chi connectivity index (χ2n) is 3.55. The highest BCUT2D eigenvalue weighted by Crippen LogP contribution is 2.30. The van der Waals surface area contributed by atoms with Crippen LogP contribution in [0.1, 0.15) is 5.56 Å². The summed E-state index contributed by atoms with van der Waals surface area (Å²) in [4.78, 5) is 0. The van der Waals surface area contributed by atoms with E-state index in [0.717, 1.165) is 6.42 Å². The molecule has 1 fully saturated rings. The van der Waals surface area contributed by atoms with E-state index in [9.17, 15) is 0 Å². The minimum absolute atomic E-state index is 0.249. The predicted molar refractivity (Wildman–Crippen MR) is 49.0 cm³/mol. The van der Waals surface area contributed by atoms with Gasteiger partial charge in [-0.3, -0.25) is 0 Å². The van der Waals surface area contributed by atoms with Crippen molar-refractivity contribution in [2.45, 2.75) is 6.42 Å². The molecule has 1 heterocycles. The van der Waals surface area contributed by atoms with Crippen molar-refractivity contribution in [3.63, 3.8) is 0 Å². The van der Waals surface area contributed by atoms with Crippen LogP contribution >= 0.6 is 0 Å². The number of hydrogen-bond donors (Lipinski definition) is 0. The third-order valence-electron chi connectivity index (χ3n) is 2.38. The Balaban J connectivity index is 2.10. The highest BCUT2D eigenvalue weighted by atomic mass is 16.5. The number of hydrogen-bond acceptors (Lipinski definition) is 2. The topological polar surface area (TPSA) is 33.0 Å². The van der Waals surface area contributed by atoms with Gasteiger partial charge in [0.15, 0.2) is 0 Å². The Bertz CT molecular complexity index is 322. The van der Waals surface area contributed by atoms with Gasteiger partial charge in [0.05, 0.1) is 19.3 Å². The molecule has 1 aromatic rings. The molecule has 0 bridgehead atoms. The van der Waals surface area contributed by atoms with Crippen LogP contribution in [0.3, 0.4) is 0 Å². The zero-order chi connectivity index (χ0) is 9.15. The first-order chi connectivity index (χ1) is 6.35. The number of ether oxygens (including phenoxy) is 1. The van der Waals surface area contributed by atoms with Crippen molar-refractivity contribution in [3.8, 4) is 6.07 Å². The third kappa shape index (κ3) is 1.56. The Morgan fingerprint density at radius 3 is 2.46 bits per heavy atom. The summed E-state index contributed by atoms with van der Waals surface area (Å²) < 4.78 is 5.08. The van der Waals surface area contributed by atoms with E-state index in [1.807, 2.05) is 18.2 Å². The molecular weight excluding hydrogens is 162 g/mol. The lowest BCUT2D eigenvalue weighted by atomic mass is 9.81. The summed E-state index contributed by atoms with van der Waals surface area (Å²) in [5.41, 5.74) is 0.966. The summed E-state index contributed by atoms with van der Waals surface area (Å²) in [5, 5.41) is 8.97. The summed E-state index contributed by atoms with van der Waals surface area (Å²) in [6.45, 7) is 1.16. The van der Waals surface area contributed by atoms with E-state index in [1.54, 1.807) is 0 Å². The lowest BCUT2D eigenvalue weighted by Crippen LogP contribution is -2.42. The highest BCUT2D eigenvalue weighted by molar-refractivity contribution is 5.20. The van der Waals surface area contributed by atoms with E-state index in [2.05, 4.69) is 18.2 Å². The Kier molecular flexibility index (Phi) is 2.03. The van der Waals surface area contributed by atoms with Crippen molar-refractivity contribution in [1.82, 2.24) is 0 Å². The van der Waals surface area contributed by atoms with Crippen molar-refractivity contribution in [2.75, 3.05) is 13.2 Å². The van der Waals surface area contributed by atoms with Crippen LogP contribution in [0.4, 0.5) is 0 Å². The summed E-state index contributed by atoms with van der Waals surface area (Å²) in [5.74, 6) is 0. The predicted octanol–water partition coefficient (Wildman–Crippen LogP) is 1.77. The molecule has 0 radical (unpaired) electrons. The van der Waals surface area contributed by atoms with Crippen LogP contribution in [0.15, 0.2) is 30.3 Å². The number of benzene rings is 1. The average Bonchev–Trinajstić information content (AvgIpc) is 2.13. The zero-order valence-electron chi connectivity index (χ0n) is 7.36. The van der Waals surface area contributed by atoms with Gasteiger partial charge >= 0.3 is 0 Å². The van der Waals surface area contributed by atoms with Crippen LogP contribution in [-0.4, -0.2) is 13.2 Å². The molecule has 0 spiro atoms. The van der Waals surface area contributed by atoms with E-state index in [0.29, 0.717) is 13.2 Å². The molecule has 0 saturated carbocycles. The largest absolute Gasteiger partial charge is 0.378 e. The molecule has 2 nitrogen and oxygen atoms in total. The van der Waals surface area contributed by atoms with Gasteiger partial charge in [0.25, 0.3) is 0 Å².